The van der Waals surface area contributed by atoms with Gasteiger partial charge in [-0.25, -0.2) is 4.52 Å². The van der Waals surface area contributed by atoms with E-state index < -0.39 is 7.49 Å². The molecule has 0 atom stereocenters. The fourth-order valence-electron chi connectivity index (χ4n) is 3.01. The van der Waals surface area contributed by atoms with Gasteiger partial charge < -0.3 is 5.73 Å². The van der Waals surface area contributed by atoms with Crippen molar-refractivity contribution < 1.29 is 4.52 Å². The van der Waals surface area contributed by atoms with Crippen LogP contribution in [0.2, 0.25) is 0 Å². The quantitative estimate of drug-likeness (QED) is 0.427. The van der Waals surface area contributed by atoms with Gasteiger partial charge in [0.2, 0.25) is 7.49 Å². The van der Waals surface area contributed by atoms with Crippen molar-refractivity contribution in [3.05, 3.63) is 96.7 Å². The summed E-state index contributed by atoms with van der Waals surface area (Å²) >= 11 is 0. The molecule has 25 heavy (non-hydrogen) atoms. The lowest BCUT2D eigenvalue weighted by atomic mass is 10.3. The van der Waals surface area contributed by atoms with Crippen molar-refractivity contribution in [1.82, 2.24) is 0 Å². The van der Waals surface area contributed by atoms with Crippen LogP contribution < -0.4 is 15.9 Å². The molecule has 0 bridgehead atoms. The second-order valence-electron chi connectivity index (χ2n) is 5.91. The second-order valence-corrected chi connectivity index (χ2v) is 8.93. The maximum Gasteiger partial charge on any atom is 0.242 e. The number of rotatable bonds is 8. The number of benzene rings is 3. The van der Waals surface area contributed by atoms with Gasteiger partial charge in [0.1, 0.15) is 15.9 Å². The Morgan fingerprint density at radius 1 is 0.600 bits per heavy atom. The monoisotopic (exact) mass is 349 g/mol. The summed E-state index contributed by atoms with van der Waals surface area (Å²) in [5.41, 5.74) is 7.38. The standard InChI is InChI=1S/C22H24NOP/c23-18-10-11-19-24-25(20-12-4-1-5-13-20,21-14-6-2-7-15-21)22-16-8-3-9-17-22/h1-9,12-17,23H,10-11,18-19H2. The van der Waals surface area contributed by atoms with Gasteiger partial charge >= 0.3 is 0 Å². The van der Waals surface area contributed by atoms with E-state index in [1.165, 1.54) is 15.9 Å². The van der Waals surface area contributed by atoms with Crippen molar-refractivity contribution in [3.63, 3.8) is 0 Å². The molecule has 0 amide bonds. The van der Waals surface area contributed by atoms with Gasteiger partial charge in [-0.15, -0.1) is 0 Å². The van der Waals surface area contributed by atoms with Crippen LogP contribution in [0, 0.1) is 0 Å². The Hall–Kier alpha value is -1.99. The van der Waals surface area contributed by atoms with E-state index >= 15 is 0 Å². The number of hydrogen-bond acceptors (Lipinski definition) is 1. The van der Waals surface area contributed by atoms with Crippen LogP contribution in [0.4, 0.5) is 0 Å². The third-order valence-electron chi connectivity index (χ3n) is 4.22. The van der Waals surface area contributed by atoms with Crippen LogP contribution in [0.15, 0.2) is 91.0 Å². The molecular formula is C22H24NOP. The Labute approximate surface area is 151 Å². The van der Waals surface area contributed by atoms with E-state index in [0.717, 1.165) is 12.8 Å². The van der Waals surface area contributed by atoms with Crippen molar-refractivity contribution >= 4 is 23.4 Å². The number of nitrogens with one attached hydrogen (secondary N) is 1. The first kappa shape index (κ1) is 17.8. The Morgan fingerprint density at radius 2 is 1.00 bits per heavy atom. The molecule has 0 saturated heterocycles. The van der Waals surface area contributed by atoms with Crippen molar-refractivity contribution in [1.29, 1.82) is 0 Å². The molecule has 0 aliphatic heterocycles. The van der Waals surface area contributed by atoms with Gasteiger partial charge in [0.15, 0.2) is 0 Å². The molecule has 3 aromatic rings. The van der Waals surface area contributed by atoms with E-state index in [2.05, 4.69) is 72.8 Å². The fraction of sp³-hybridized carbons (Fsp3) is 0.182. The Morgan fingerprint density at radius 3 is 1.36 bits per heavy atom. The van der Waals surface area contributed by atoms with Crippen molar-refractivity contribution in [2.45, 2.75) is 12.8 Å². The minimum Gasteiger partial charge on any atom is -0.677 e. The largest absolute Gasteiger partial charge is 0.677 e. The minimum absolute atomic E-state index is 0.455. The fourth-order valence-corrected chi connectivity index (χ4v) is 6.53. The molecule has 3 aromatic carbocycles. The Kier molecular flexibility index (Phi) is 6.36. The molecule has 0 aromatic heterocycles. The van der Waals surface area contributed by atoms with Gasteiger partial charge in [-0.3, -0.25) is 0 Å². The lowest BCUT2D eigenvalue weighted by Crippen LogP contribution is -2.33. The van der Waals surface area contributed by atoms with Crippen LogP contribution in [0.3, 0.4) is 0 Å². The number of hydrogen-bond donors (Lipinski definition) is 0. The van der Waals surface area contributed by atoms with Gasteiger partial charge in [-0.1, -0.05) is 61.0 Å². The summed E-state index contributed by atoms with van der Waals surface area (Å²) in [5.74, 6) is 0. The summed E-state index contributed by atoms with van der Waals surface area (Å²) < 4.78 is 6.72. The van der Waals surface area contributed by atoms with Crippen LogP contribution >= 0.6 is 7.49 Å². The molecule has 0 radical (unpaired) electrons. The maximum atomic E-state index is 7.38. The first-order valence-electron chi connectivity index (χ1n) is 8.73. The molecule has 0 unspecified atom stereocenters. The molecule has 3 heteroatoms. The highest BCUT2D eigenvalue weighted by Crippen LogP contribution is 2.56. The molecule has 1 N–H and O–H groups in total. The lowest BCUT2D eigenvalue weighted by Gasteiger charge is -2.26. The second kappa shape index (κ2) is 8.92. The molecule has 0 spiro atoms. The predicted octanol–water partition coefficient (Wildman–Crippen LogP) is 4.74. The molecule has 0 heterocycles. The van der Waals surface area contributed by atoms with Crippen LogP contribution in [-0.2, 0) is 4.52 Å². The number of unbranched alkanes of at least 4 members (excludes halogenated alkanes) is 1. The van der Waals surface area contributed by atoms with Gasteiger partial charge in [0.25, 0.3) is 0 Å². The van der Waals surface area contributed by atoms with Crippen LogP contribution in [-0.4, -0.2) is 13.2 Å². The van der Waals surface area contributed by atoms with E-state index in [1.54, 1.807) is 0 Å². The predicted molar refractivity (Wildman–Crippen MR) is 110 cm³/mol. The molecule has 0 fully saturated rings. The van der Waals surface area contributed by atoms with Crippen molar-refractivity contribution in [2.24, 2.45) is 0 Å². The maximum absolute atomic E-state index is 7.38. The van der Waals surface area contributed by atoms with Gasteiger partial charge in [0, 0.05) is 0 Å². The average molecular weight is 349 g/mol. The van der Waals surface area contributed by atoms with Crippen molar-refractivity contribution in [3.8, 4) is 0 Å². The summed E-state index contributed by atoms with van der Waals surface area (Å²) in [7, 11) is -2.15. The van der Waals surface area contributed by atoms with Crippen LogP contribution in [0.1, 0.15) is 12.8 Å². The first-order valence-corrected chi connectivity index (χ1v) is 10.4. The molecule has 0 aliphatic carbocycles. The Bertz CT molecular complexity index is 650. The third kappa shape index (κ3) is 3.99. The molecular weight excluding hydrogens is 325 g/mol. The van der Waals surface area contributed by atoms with E-state index in [-0.39, 0.29) is 0 Å². The first-order chi connectivity index (χ1) is 12.4. The Balaban J connectivity index is 2.13. The SMILES string of the molecule is [NH-]CCCCO[P+](c1ccccc1)(c1ccccc1)c1ccccc1. The zero-order valence-electron chi connectivity index (χ0n) is 14.3. The van der Waals surface area contributed by atoms with E-state index in [1.807, 2.05) is 18.2 Å². The lowest BCUT2D eigenvalue weighted by molar-refractivity contribution is 0.344. The molecule has 0 saturated carbocycles. The summed E-state index contributed by atoms with van der Waals surface area (Å²) in [4.78, 5) is 0. The molecule has 2 nitrogen and oxygen atoms in total. The normalized spacial score (nSPS) is 11.4. The van der Waals surface area contributed by atoms with Crippen LogP contribution in [0.5, 0.6) is 0 Å². The average Bonchev–Trinajstić information content (AvgIpc) is 2.70. The zero-order valence-corrected chi connectivity index (χ0v) is 15.2. The highest BCUT2D eigenvalue weighted by Gasteiger charge is 2.47. The van der Waals surface area contributed by atoms with Crippen molar-refractivity contribution in [2.75, 3.05) is 13.2 Å². The molecule has 0 aliphatic rings. The summed E-state index contributed by atoms with van der Waals surface area (Å²) in [6.07, 6.45) is 1.79. The van der Waals surface area contributed by atoms with Gasteiger partial charge in [-0.05, 0) is 42.8 Å². The van der Waals surface area contributed by atoms with E-state index in [0.29, 0.717) is 13.2 Å². The summed E-state index contributed by atoms with van der Waals surface area (Å²) in [5, 5.41) is 3.70. The summed E-state index contributed by atoms with van der Waals surface area (Å²) in [6, 6.07) is 31.7. The highest BCUT2D eigenvalue weighted by atomic mass is 31.2. The smallest absolute Gasteiger partial charge is 0.242 e. The van der Waals surface area contributed by atoms with E-state index in [4.69, 9.17) is 10.3 Å². The third-order valence-corrected chi connectivity index (χ3v) is 7.86. The zero-order chi connectivity index (χ0) is 17.4. The molecule has 128 valence electrons. The summed E-state index contributed by atoms with van der Waals surface area (Å²) in [6.45, 7) is 1.13. The highest BCUT2D eigenvalue weighted by molar-refractivity contribution is 7.91. The van der Waals surface area contributed by atoms with E-state index in [9.17, 15) is 0 Å². The minimum atomic E-state index is -2.15. The van der Waals surface area contributed by atoms with Crippen LogP contribution in [0.25, 0.3) is 5.73 Å². The topological polar surface area (TPSA) is 33.0 Å². The van der Waals surface area contributed by atoms with Gasteiger partial charge in [-0.2, -0.15) is 6.54 Å². The van der Waals surface area contributed by atoms with Gasteiger partial charge in [0.05, 0.1) is 6.61 Å². The molecule has 3 rings (SSSR count).